The minimum absolute atomic E-state index is 0.0962. The Balaban J connectivity index is 1.96. The van der Waals surface area contributed by atoms with Crippen LogP contribution >= 0.6 is 0 Å². The lowest BCUT2D eigenvalue weighted by Crippen LogP contribution is -2.29. The number of aryl methyl sites for hydroxylation is 1. The molecule has 1 amide bonds. The lowest BCUT2D eigenvalue weighted by Gasteiger charge is -2.23. The molecule has 1 aliphatic rings. The summed E-state index contributed by atoms with van der Waals surface area (Å²) in [6, 6.07) is 12.1. The van der Waals surface area contributed by atoms with E-state index >= 15 is 0 Å². The molecule has 0 bridgehead atoms. The van der Waals surface area contributed by atoms with Gasteiger partial charge in [0.15, 0.2) is 17.3 Å². The number of aliphatic hydroxyl groups is 1. The summed E-state index contributed by atoms with van der Waals surface area (Å²) >= 11 is 0. The van der Waals surface area contributed by atoms with Gasteiger partial charge < -0.3 is 23.8 Å². The fraction of sp³-hybridized carbons (Fsp3) is 0.208. The summed E-state index contributed by atoms with van der Waals surface area (Å²) in [5.74, 6) is -0.0486. The van der Waals surface area contributed by atoms with Crippen LogP contribution in [0.4, 0.5) is 5.82 Å². The Morgan fingerprint density at radius 2 is 1.76 bits per heavy atom. The first-order valence-corrected chi connectivity index (χ1v) is 10.00. The van der Waals surface area contributed by atoms with Gasteiger partial charge in [0.1, 0.15) is 17.3 Å². The highest BCUT2D eigenvalue weighted by Gasteiger charge is 2.48. The van der Waals surface area contributed by atoms with Crippen molar-refractivity contribution in [1.29, 1.82) is 0 Å². The van der Waals surface area contributed by atoms with E-state index in [1.165, 1.54) is 26.2 Å². The Morgan fingerprint density at radius 3 is 2.39 bits per heavy atom. The van der Waals surface area contributed by atoms with Gasteiger partial charge in [0, 0.05) is 11.6 Å². The maximum absolute atomic E-state index is 13.2. The van der Waals surface area contributed by atoms with Gasteiger partial charge in [-0.25, -0.2) is 0 Å². The van der Waals surface area contributed by atoms with E-state index in [0.29, 0.717) is 34.1 Å². The number of benzene rings is 2. The quantitative estimate of drug-likeness (QED) is 0.344. The first-order valence-electron chi connectivity index (χ1n) is 10.00. The van der Waals surface area contributed by atoms with Gasteiger partial charge in [-0.15, -0.1) is 0 Å². The van der Waals surface area contributed by atoms with E-state index in [2.05, 4.69) is 5.16 Å². The molecule has 0 saturated carbocycles. The number of nitrogens with zero attached hydrogens (tertiary/aromatic N) is 2. The number of aliphatic hydroxyl groups excluding tert-OH is 1. The van der Waals surface area contributed by atoms with E-state index in [9.17, 15) is 14.7 Å². The van der Waals surface area contributed by atoms with Crippen molar-refractivity contribution < 1.29 is 33.4 Å². The van der Waals surface area contributed by atoms with Crippen LogP contribution < -0.4 is 19.1 Å². The first kappa shape index (κ1) is 21.9. The Morgan fingerprint density at radius 1 is 1.00 bits per heavy atom. The van der Waals surface area contributed by atoms with Crippen molar-refractivity contribution in [1.82, 2.24) is 5.16 Å². The number of carbonyl (C=O) groups is 2. The van der Waals surface area contributed by atoms with Crippen molar-refractivity contribution in [2.45, 2.75) is 13.0 Å². The molecule has 33 heavy (non-hydrogen) atoms. The van der Waals surface area contributed by atoms with Gasteiger partial charge in [-0.3, -0.25) is 14.5 Å². The molecule has 1 N–H and O–H groups in total. The third-order valence-electron chi connectivity index (χ3n) is 5.37. The van der Waals surface area contributed by atoms with Crippen LogP contribution in [0.2, 0.25) is 0 Å². The summed E-state index contributed by atoms with van der Waals surface area (Å²) in [6.45, 7) is 1.68. The predicted octanol–water partition coefficient (Wildman–Crippen LogP) is 3.64. The number of carbonyl (C=O) groups excluding carboxylic acids is 2. The smallest absolute Gasteiger partial charge is 0.301 e. The Hall–Kier alpha value is -4.27. The Labute approximate surface area is 189 Å². The molecular formula is C24H22N2O7. The topological polar surface area (TPSA) is 111 Å². The van der Waals surface area contributed by atoms with E-state index in [1.54, 1.807) is 55.5 Å². The minimum Gasteiger partial charge on any atom is -0.507 e. The average molecular weight is 450 g/mol. The summed E-state index contributed by atoms with van der Waals surface area (Å²) < 4.78 is 21.1. The van der Waals surface area contributed by atoms with E-state index in [1.807, 2.05) is 0 Å². The molecule has 2 heterocycles. The molecule has 0 unspecified atom stereocenters. The molecule has 170 valence electrons. The van der Waals surface area contributed by atoms with Crippen molar-refractivity contribution >= 4 is 23.3 Å². The number of ether oxygens (including phenoxy) is 3. The zero-order chi connectivity index (χ0) is 23.7. The molecule has 9 nitrogen and oxygen atoms in total. The van der Waals surface area contributed by atoms with Crippen LogP contribution in [0, 0.1) is 6.92 Å². The van der Waals surface area contributed by atoms with Crippen LogP contribution in [-0.4, -0.2) is 43.3 Å². The normalized spacial score (nSPS) is 17.3. The number of aromatic nitrogens is 1. The maximum atomic E-state index is 13.2. The number of ketones is 1. The molecule has 4 rings (SSSR count). The first-order chi connectivity index (χ1) is 15.9. The number of anilines is 1. The van der Waals surface area contributed by atoms with E-state index < -0.39 is 17.7 Å². The van der Waals surface area contributed by atoms with E-state index in [-0.39, 0.29) is 17.2 Å². The molecule has 1 aromatic heterocycles. The van der Waals surface area contributed by atoms with Crippen LogP contribution in [0.3, 0.4) is 0 Å². The minimum atomic E-state index is -0.986. The number of hydrogen-bond acceptors (Lipinski definition) is 8. The predicted molar refractivity (Wildman–Crippen MR) is 119 cm³/mol. The second kappa shape index (κ2) is 8.70. The summed E-state index contributed by atoms with van der Waals surface area (Å²) in [5, 5.41) is 15.1. The molecule has 1 aliphatic heterocycles. The number of rotatable bonds is 6. The van der Waals surface area contributed by atoms with E-state index in [4.69, 9.17) is 18.7 Å². The lowest BCUT2D eigenvalue weighted by atomic mass is 9.95. The monoisotopic (exact) mass is 450 g/mol. The molecule has 9 heteroatoms. The zero-order valence-corrected chi connectivity index (χ0v) is 18.5. The zero-order valence-electron chi connectivity index (χ0n) is 18.5. The lowest BCUT2D eigenvalue weighted by molar-refractivity contribution is -0.132. The largest absolute Gasteiger partial charge is 0.507 e. The van der Waals surface area contributed by atoms with Gasteiger partial charge in [0.2, 0.25) is 0 Å². The highest BCUT2D eigenvalue weighted by Crippen LogP contribution is 2.44. The molecule has 0 radical (unpaired) electrons. The summed E-state index contributed by atoms with van der Waals surface area (Å²) in [5.41, 5.74) is 0.743. The standard InChI is InChI=1S/C24H22N2O7/c1-13-10-19(25-33-13)26-21(14-8-9-17(31-3)18(12-14)32-4)20(23(28)24(26)29)22(27)15-6-5-7-16(11-15)30-2/h5-12,21,27H,1-4H3/b22-20+/t21-/m0/s1. The number of Topliss-reactive ketones (excluding diaryl/α,β-unsaturated/α-hetero) is 1. The number of hydrogen-bond donors (Lipinski definition) is 1. The number of methoxy groups -OCH3 is 3. The third-order valence-corrected chi connectivity index (χ3v) is 5.37. The molecular weight excluding hydrogens is 428 g/mol. The van der Waals surface area contributed by atoms with Gasteiger partial charge in [0.05, 0.1) is 32.9 Å². The Bertz CT molecular complexity index is 1260. The molecule has 0 aliphatic carbocycles. The second-order valence-corrected chi connectivity index (χ2v) is 7.31. The molecule has 1 saturated heterocycles. The van der Waals surface area contributed by atoms with E-state index in [0.717, 1.165) is 0 Å². The second-order valence-electron chi connectivity index (χ2n) is 7.31. The van der Waals surface area contributed by atoms with Crippen LogP contribution in [0.15, 0.2) is 58.6 Å². The fourth-order valence-electron chi connectivity index (χ4n) is 3.80. The van der Waals surface area contributed by atoms with Crippen molar-refractivity contribution in [2.24, 2.45) is 0 Å². The van der Waals surface area contributed by atoms with Crippen molar-refractivity contribution in [3.63, 3.8) is 0 Å². The maximum Gasteiger partial charge on any atom is 0.301 e. The third kappa shape index (κ3) is 3.78. The van der Waals surface area contributed by atoms with Crippen LogP contribution in [-0.2, 0) is 9.59 Å². The van der Waals surface area contributed by atoms with Crippen LogP contribution in [0.5, 0.6) is 17.2 Å². The van der Waals surface area contributed by atoms with Gasteiger partial charge >= 0.3 is 5.91 Å². The Kier molecular flexibility index (Phi) is 5.78. The van der Waals surface area contributed by atoms with Crippen molar-refractivity contribution in [2.75, 3.05) is 26.2 Å². The van der Waals surface area contributed by atoms with Gasteiger partial charge in [-0.05, 0) is 36.8 Å². The fourth-order valence-corrected chi connectivity index (χ4v) is 3.80. The molecule has 1 fully saturated rings. The highest BCUT2D eigenvalue weighted by molar-refractivity contribution is 6.51. The number of amides is 1. The van der Waals surface area contributed by atoms with Crippen molar-refractivity contribution in [3.05, 3.63) is 71.0 Å². The van der Waals surface area contributed by atoms with Crippen LogP contribution in [0.1, 0.15) is 22.9 Å². The van der Waals surface area contributed by atoms with Crippen molar-refractivity contribution in [3.8, 4) is 17.2 Å². The summed E-state index contributed by atoms with van der Waals surface area (Å²) in [6.07, 6.45) is 0. The SMILES string of the molecule is COc1cccc(/C(O)=C2\C(=O)C(=O)N(c3cc(C)on3)[C@H]2c2ccc(OC)c(OC)c2)c1. The van der Waals surface area contributed by atoms with Gasteiger partial charge in [-0.1, -0.05) is 23.4 Å². The summed E-state index contributed by atoms with van der Waals surface area (Å²) in [7, 11) is 4.48. The molecule has 1 atom stereocenters. The van der Waals surface area contributed by atoms with Gasteiger partial charge in [-0.2, -0.15) is 0 Å². The molecule has 3 aromatic rings. The summed E-state index contributed by atoms with van der Waals surface area (Å²) in [4.78, 5) is 27.5. The molecule has 2 aromatic carbocycles. The van der Waals surface area contributed by atoms with Gasteiger partial charge in [0.25, 0.3) is 5.78 Å². The molecule has 0 spiro atoms. The average Bonchev–Trinajstić information content (AvgIpc) is 3.38. The highest BCUT2D eigenvalue weighted by atomic mass is 16.5. The van der Waals surface area contributed by atoms with Crippen LogP contribution in [0.25, 0.3) is 5.76 Å².